The standard InChI is InChI=1S/C25H32N4O2/c1-17-15-24-27-18(2)23(19(3)29(24)28-17)13-14-25(30)26-16-20-9-11-22(12-10-20)31-21-7-5-4-6-8-21/h9-12,15,21H,4-8,13-14,16H2,1-3H3,(H,26,30). The fraction of sp³-hybridized carbons (Fsp3) is 0.480. The summed E-state index contributed by atoms with van der Waals surface area (Å²) >= 11 is 0. The van der Waals surface area contributed by atoms with Crippen LogP contribution < -0.4 is 10.1 Å². The van der Waals surface area contributed by atoms with Crippen molar-refractivity contribution in [2.75, 3.05) is 0 Å². The zero-order chi connectivity index (χ0) is 21.8. The van der Waals surface area contributed by atoms with Gasteiger partial charge < -0.3 is 10.1 Å². The first kappa shape index (κ1) is 21.3. The zero-order valence-electron chi connectivity index (χ0n) is 18.8. The maximum atomic E-state index is 12.4. The lowest BCUT2D eigenvalue weighted by atomic mass is 9.98. The second kappa shape index (κ2) is 9.50. The molecule has 1 aliphatic rings. The van der Waals surface area contributed by atoms with E-state index in [1.807, 2.05) is 55.6 Å². The quantitative estimate of drug-likeness (QED) is 0.606. The first-order valence-electron chi connectivity index (χ1n) is 11.3. The number of fused-ring (bicyclic) bond motifs is 1. The number of aromatic nitrogens is 3. The molecular weight excluding hydrogens is 388 g/mol. The molecule has 2 heterocycles. The van der Waals surface area contributed by atoms with Crippen LogP contribution in [-0.4, -0.2) is 26.6 Å². The van der Waals surface area contributed by atoms with Gasteiger partial charge in [-0.1, -0.05) is 18.6 Å². The van der Waals surface area contributed by atoms with Crippen molar-refractivity contribution in [3.63, 3.8) is 0 Å². The molecule has 1 aromatic carbocycles. The molecule has 0 saturated heterocycles. The average molecular weight is 421 g/mol. The molecule has 1 fully saturated rings. The number of benzene rings is 1. The predicted octanol–water partition coefficient (Wildman–Crippen LogP) is 4.62. The van der Waals surface area contributed by atoms with Crippen LogP contribution in [0.1, 0.15) is 66.7 Å². The van der Waals surface area contributed by atoms with Crippen LogP contribution in [0.4, 0.5) is 0 Å². The molecule has 0 radical (unpaired) electrons. The Morgan fingerprint density at radius 3 is 2.61 bits per heavy atom. The van der Waals surface area contributed by atoms with E-state index in [9.17, 15) is 4.79 Å². The molecule has 1 amide bonds. The molecule has 164 valence electrons. The number of carbonyl (C=O) groups is 1. The first-order chi connectivity index (χ1) is 15.0. The topological polar surface area (TPSA) is 68.5 Å². The van der Waals surface area contributed by atoms with E-state index in [1.54, 1.807) is 0 Å². The Hall–Kier alpha value is -2.89. The highest BCUT2D eigenvalue weighted by molar-refractivity contribution is 5.76. The minimum absolute atomic E-state index is 0.0399. The van der Waals surface area contributed by atoms with Crippen molar-refractivity contribution in [3.05, 3.63) is 58.5 Å². The Balaban J connectivity index is 1.28. The molecule has 6 heteroatoms. The van der Waals surface area contributed by atoms with E-state index in [0.717, 1.165) is 52.4 Å². The van der Waals surface area contributed by atoms with Crippen LogP contribution in [0.5, 0.6) is 5.75 Å². The van der Waals surface area contributed by atoms with Crippen LogP contribution in [0, 0.1) is 20.8 Å². The number of carbonyl (C=O) groups excluding carboxylic acids is 1. The van der Waals surface area contributed by atoms with E-state index in [1.165, 1.54) is 19.3 Å². The molecule has 1 saturated carbocycles. The summed E-state index contributed by atoms with van der Waals surface area (Å²) in [5, 5.41) is 7.53. The van der Waals surface area contributed by atoms with E-state index in [2.05, 4.69) is 15.4 Å². The fourth-order valence-corrected chi connectivity index (χ4v) is 4.39. The number of nitrogens with one attached hydrogen (secondary N) is 1. The summed E-state index contributed by atoms with van der Waals surface area (Å²) < 4.78 is 7.95. The van der Waals surface area contributed by atoms with Crippen LogP contribution >= 0.6 is 0 Å². The fourth-order valence-electron chi connectivity index (χ4n) is 4.39. The number of hydrogen-bond donors (Lipinski definition) is 1. The molecule has 1 aliphatic carbocycles. The van der Waals surface area contributed by atoms with Crippen molar-refractivity contribution < 1.29 is 9.53 Å². The SMILES string of the molecule is Cc1cc2nc(C)c(CCC(=O)NCc3ccc(OC4CCCCC4)cc3)c(C)n2n1. The smallest absolute Gasteiger partial charge is 0.220 e. The van der Waals surface area contributed by atoms with Gasteiger partial charge in [0.25, 0.3) is 0 Å². The van der Waals surface area contributed by atoms with Gasteiger partial charge in [0, 0.05) is 30.4 Å². The molecule has 0 spiro atoms. The van der Waals surface area contributed by atoms with E-state index in [4.69, 9.17) is 4.74 Å². The molecule has 3 aromatic rings. The predicted molar refractivity (Wildman–Crippen MR) is 121 cm³/mol. The highest BCUT2D eigenvalue weighted by Gasteiger charge is 2.15. The molecule has 0 atom stereocenters. The Morgan fingerprint density at radius 2 is 1.87 bits per heavy atom. The van der Waals surface area contributed by atoms with E-state index < -0.39 is 0 Å². The third kappa shape index (κ3) is 5.24. The number of rotatable bonds is 7. The zero-order valence-corrected chi connectivity index (χ0v) is 18.8. The van der Waals surface area contributed by atoms with Gasteiger partial charge in [0.1, 0.15) is 5.75 Å². The summed E-state index contributed by atoms with van der Waals surface area (Å²) in [4.78, 5) is 17.1. The van der Waals surface area contributed by atoms with Gasteiger partial charge in [-0.15, -0.1) is 0 Å². The van der Waals surface area contributed by atoms with Crippen LogP contribution in [0.15, 0.2) is 30.3 Å². The second-order valence-electron chi connectivity index (χ2n) is 8.62. The van der Waals surface area contributed by atoms with Gasteiger partial charge in [-0.05, 0) is 76.1 Å². The minimum atomic E-state index is 0.0399. The summed E-state index contributed by atoms with van der Waals surface area (Å²) in [6.45, 7) is 6.53. The van der Waals surface area contributed by atoms with Crippen molar-refractivity contribution in [2.45, 2.75) is 78.4 Å². The maximum Gasteiger partial charge on any atom is 0.220 e. The van der Waals surface area contributed by atoms with Gasteiger partial charge in [0.15, 0.2) is 5.65 Å². The van der Waals surface area contributed by atoms with Gasteiger partial charge >= 0.3 is 0 Å². The van der Waals surface area contributed by atoms with Crippen LogP contribution in [0.25, 0.3) is 5.65 Å². The summed E-state index contributed by atoms with van der Waals surface area (Å²) in [6.07, 6.45) is 7.59. The average Bonchev–Trinajstić information content (AvgIpc) is 3.14. The van der Waals surface area contributed by atoms with Crippen LogP contribution in [-0.2, 0) is 17.8 Å². The number of ether oxygens (including phenoxy) is 1. The lowest BCUT2D eigenvalue weighted by molar-refractivity contribution is -0.121. The molecule has 6 nitrogen and oxygen atoms in total. The molecule has 2 aromatic heterocycles. The van der Waals surface area contributed by atoms with Crippen molar-refractivity contribution in [1.82, 2.24) is 19.9 Å². The third-order valence-electron chi connectivity index (χ3n) is 6.16. The second-order valence-corrected chi connectivity index (χ2v) is 8.62. The van der Waals surface area contributed by atoms with E-state index in [0.29, 0.717) is 25.5 Å². The summed E-state index contributed by atoms with van der Waals surface area (Å²) in [5.74, 6) is 0.961. The van der Waals surface area contributed by atoms with Gasteiger partial charge in [0.2, 0.25) is 5.91 Å². The molecule has 0 unspecified atom stereocenters. The highest BCUT2D eigenvalue weighted by Crippen LogP contribution is 2.23. The van der Waals surface area contributed by atoms with Crippen LogP contribution in [0.3, 0.4) is 0 Å². The van der Waals surface area contributed by atoms with Gasteiger partial charge in [-0.2, -0.15) is 5.10 Å². The van der Waals surface area contributed by atoms with Gasteiger partial charge in [-0.3, -0.25) is 4.79 Å². The van der Waals surface area contributed by atoms with Crippen molar-refractivity contribution in [3.8, 4) is 5.75 Å². The van der Waals surface area contributed by atoms with Crippen molar-refractivity contribution in [1.29, 1.82) is 0 Å². The lowest BCUT2D eigenvalue weighted by Crippen LogP contribution is -2.23. The Morgan fingerprint density at radius 1 is 1.13 bits per heavy atom. The number of aryl methyl sites for hydroxylation is 3. The van der Waals surface area contributed by atoms with Crippen molar-refractivity contribution >= 4 is 11.6 Å². The third-order valence-corrected chi connectivity index (χ3v) is 6.16. The number of amides is 1. The van der Waals surface area contributed by atoms with Crippen LogP contribution in [0.2, 0.25) is 0 Å². The van der Waals surface area contributed by atoms with E-state index >= 15 is 0 Å². The molecule has 1 N–H and O–H groups in total. The Labute approximate surface area is 184 Å². The normalized spacial score (nSPS) is 14.7. The molecule has 0 bridgehead atoms. The summed E-state index contributed by atoms with van der Waals surface area (Å²) in [7, 11) is 0. The molecular formula is C25H32N4O2. The largest absolute Gasteiger partial charge is 0.490 e. The van der Waals surface area contributed by atoms with E-state index in [-0.39, 0.29) is 5.91 Å². The minimum Gasteiger partial charge on any atom is -0.490 e. The lowest BCUT2D eigenvalue weighted by Gasteiger charge is -2.23. The highest BCUT2D eigenvalue weighted by atomic mass is 16.5. The molecule has 4 rings (SSSR count). The first-order valence-corrected chi connectivity index (χ1v) is 11.3. The number of nitrogens with zero attached hydrogens (tertiary/aromatic N) is 3. The monoisotopic (exact) mass is 420 g/mol. The Kier molecular flexibility index (Phi) is 6.54. The molecule has 0 aliphatic heterocycles. The number of hydrogen-bond acceptors (Lipinski definition) is 4. The van der Waals surface area contributed by atoms with Gasteiger partial charge in [0.05, 0.1) is 11.8 Å². The van der Waals surface area contributed by atoms with Crippen molar-refractivity contribution in [2.24, 2.45) is 0 Å². The maximum absolute atomic E-state index is 12.4. The van der Waals surface area contributed by atoms with Gasteiger partial charge in [-0.25, -0.2) is 9.50 Å². The summed E-state index contributed by atoms with van der Waals surface area (Å²) in [6, 6.07) is 10.1. The Bertz CT molecular complexity index is 1050. The molecule has 31 heavy (non-hydrogen) atoms. The summed E-state index contributed by atoms with van der Waals surface area (Å²) in [5.41, 5.74) is 5.99.